The van der Waals surface area contributed by atoms with Crippen LogP contribution in [0.3, 0.4) is 0 Å². The van der Waals surface area contributed by atoms with Crippen molar-refractivity contribution < 1.29 is 0 Å². The minimum Gasteiger partial charge on any atom is -0.135 e. The number of fused-ring (bicyclic) bond motifs is 9. The summed E-state index contributed by atoms with van der Waals surface area (Å²) < 4.78 is 1.43. The van der Waals surface area contributed by atoms with Gasteiger partial charge < -0.3 is 0 Å². The molecule has 2 aliphatic carbocycles. The molecule has 5 aromatic rings. The Morgan fingerprint density at radius 3 is 2.24 bits per heavy atom. The van der Waals surface area contributed by atoms with Gasteiger partial charge >= 0.3 is 0 Å². The molecule has 1 heterocycles. The van der Waals surface area contributed by atoms with Crippen molar-refractivity contribution in [2.75, 3.05) is 0 Å². The molecule has 0 N–H and O–H groups in total. The van der Waals surface area contributed by atoms with Crippen LogP contribution in [0, 0.1) is 5.92 Å². The first-order valence-corrected chi connectivity index (χ1v) is 11.0. The highest BCUT2D eigenvalue weighted by Gasteiger charge is 2.27. The third-order valence-electron chi connectivity index (χ3n) is 6.54. The van der Waals surface area contributed by atoms with Gasteiger partial charge in [0.15, 0.2) is 0 Å². The van der Waals surface area contributed by atoms with Gasteiger partial charge in [-0.1, -0.05) is 66.8 Å². The summed E-state index contributed by atoms with van der Waals surface area (Å²) in [6.07, 6.45) is 13.8. The third-order valence-corrected chi connectivity index (χ3v) is 7.76. The highest BCUT2D eigenvalue weighted by molar-refractivity contribution is 7.21. The molecule has 136 valence electrons. The van der Waals surface area contributed by atoms with E-state index in [4.69, 9.17) is 0 Å². The largest absolute Gasteiger partial charge is 0.135 e. The molecule has 29 heavy (non-hydrogen) atoms. The molecule has 2 atom stereocenters. The first kappa shape index (κ1) is 15.7. The lowest BCUT2D eigenvalue weighted by Gasteiger charge is -2.25. The molecule has 2 unspecified atom stereocenters. The average molecular weight is 387 g/mol. The number of hydrogen-bond acceptors (Lipinski definition) is 1. The van der Waals surface area contributed by atoms with Crippen LogP contribution in [-0.2, 0) is 0 Å². The van der Waals surface area contributed by atoms with E-state index in [1.54, 1.807) is 0 Å². The van der Waals surface area contributed by atoms with E-state index < -0.39 is 0 Å². The fourth-order valence-electron chi connectivity index (χ4n) is 5.12. The summed E-state index contributed by atoms with van der Waals surface area (Å²) in [4.78, 5) is 1.42. The SMILES string of the molecule is C1=CC2C=Cc3sc4c(ccc5cc6cc7ccccc7cc6cc54)c3C2C=C1. The van der Waals surface area contributed by atoms with Crippen LogP contribution in [0.5, 0.6) is 0 Å². The van der Waals surface area contributed by atoms with Crippen molar-refractivity contribution in [2.24, 2.45) is 5.92 Å². The van der Waals surface area contributed by atoms with Gasteiger partial charge in [-0.25, -0.2) is 0 Å². The van der Waals surface area contributed by atoms with Gasteiger partial charge in [-0.15, -0.1) is 11.3 Å². The molecule has 1 aromatic heterocycles. The van der Waals surface area contributed by atoms with Crippen LogP contribution >= 0.6 is 11.3 Å². The molecule has 0 bridgehead atoms. The third kappa shape index (κ3) is 2.19. The second-order valence-electron chi connectivity index (χ2n) is 8.17. The van der Waals surface area contributed by atoms with Crippen LogP contribution in [0.2, 0.25) is 0 Å². The van der Waals surface area contributed by atoms with Gasteiger partial charge in [0.25, 0.3) is 0 Å². The summed E-state index contributed by atoms with van der Waals surface area (Å²) in [5.74, 6) is 0.958. The molecule has 2 aliphatic rings. The molecule has 4 aromatic carbocycles. The van der Waals surface area contributed by atoms with E-state index >= 15 is 0 Å². The second-order valence-corrected chi connectivity index (χ2v) is 9.23. The van der Waals surface area contributed by atoms with Gasteiger partial charge in [0.05, 0.1) is 0 Å². The van der Waals surface area contributed by atoms with E-state index in [1.807, 2.05) is 11.3 Å². The molecule has 0 amide bonds. The molecule has 0 saturated heterocycles. The summed E-state index contributed by atoms with van der Waals surface area (Å²) >= 11 is 1.95. The molecule has 0 radical (unpaired) electrons. The van der Waals surface area contributed by atoms with Gasteiger partial charge in [-0.2, -0.15) is 0 Å². The summed E-state index contributed by atoms with van der Waals surface area (Å²) in [6, 6.07) is 22.7. The van der Waals surface area contributed by atoms with Gasteiger partial charge in [-0.05, 0) is 68.2 Å². The molecule has 0 nitrogen and oxygen atoms in total. The summed E-state index contributed by atoms with van der Waals surface area (Å²) in [6.45, 7) is 0. The zero-order chi connectivity index (χ0) is 18.9. The van der Waals surface area contributed by atoms with Crippen molar-refractivity contribution in [3.63, 3.8) is 0 Å². The predicted molar refractivity (Wildman–Crippen MR) is 128 cm³/mol. The highest BCUT2D eigenvalue weighted by atomic mass is 32.1. The summed E-state index contributed by atoms with van der Waals surface area (Å²) in [7, 11) is 0. The number of hydrogen-bond donors (Lipinski definition) is 0. The summed E-state index contributed by atoms with van der Waals surface area (Å²) in [5.41, 5.74) is 1.51. The molecule has 0 saturated carbocycles. The van der Waals surface area contributed by atoms with Crippen molar-refractivity contribution in [2.45, 2.75) is 5.92 Å². The van der Waals surface area contributed by atoms with Crippen LogP contribution < -0.4 is 0 Å². The molecule has 7 rings (SSSR count). The maximum atomic E-state index is 2.40. The van der Waals surface area contributed by atoms with E-state index in [0.717, 1.165) is 0 Å². The quantitative estimate of drug-likeness (QED) is 0.235. The average Bonchev–Trinajstić information content (AvgIpc) is 3.16. The smallest absolute Gasteiger partial charge is 0.0430 e. The highest BCUT2D eigenvalue weighted by Crippen LogP contribution is 2.47. The van der Waals surface area contributed by atoms with Crippen LogP contribution in [0.15, 0.2) is 91.0 Å². The fourth-order valence-corrected chi connectivity index (χ4v) is 6.42. The Bertz CT molecular complexity index is 1560. The molecular weight excluding hydrogens is 368 g/mol. The zero-order valence-electron chi connectivity index (χ0n) is 15.8. The van der Waals surface area contributed by atoms with E-state index in [1.165, 1.54) is 52.8 Å². The minimum atomic E-state index is 0.468. The second kappa shape index (κ2) is 5.68. The Morgan fingerprint density at radius 2 is 1.38 bits per heavy atom. The first-order chi connectivity index (χ1) is 14.3. The van der Waals surface area contributed by atoms with Gasteiger partial charge in [-0.3, -0.25) is 0 Å². The van der Waals surface area contributed by atoms with Gasteiger partial charge in [0, 0.05) is 26.8 Å². The molecular formula is C28H18S. The van der Waals surface area contributed by atoms with Crippen LogP contribution in [0.1, 0.15) is 16.4 Å². The molecule has 1 heteroatoms. The summed E-state index contributed by atoms with van der Waals surface area (Å²) in [5, 5.41) is 9.39. The zero-order valence-corrected chi connectivity index (χ0v) is 16.6. The van der Waals surface area contributed by atoms with Crippen molar-refractivity contribution >= 4 is 59.8 Å². The number of rotatable bonds is 0. The van der Waals surface area contributed by atoms with Crippen molar-refractivity contribution in [1.82, 2.24) is 0 Å². The number of thiophene rings is 1. The minimum absolute atomic E-state index is 0.468. The van der Waals surface area contributed by atoms with Crippen LogP contribution in [-0.4, -0.2) is 0 Å². The fraction of sp³-hybridized carbons (Fsp3) is 0.0714. The lowest BCUT2D eigenvalue weighted by Crippen LogP contribution is -2.11. The normalized spacial score (nSPS) is 20.0. The van der Waals surface area contributed by atoms with Crippen LogP contribution in [0.25, 0.3) is 48.5 Å². The van der Waals surface area contributed by atoms with Gasteiger partial charge in [0.1, 0.15) is 0 Å². The van der Waals surface area contributed by atoms with Crippen molar-refractivity contribution in [3.8, 4) is 0 Å². The number of benzene rings is 4. The molecule has 0 aliphatic heterocycles. The Morgan fingerprint density at radius 1 is 0.621 bits per heavy atom. The Kier molecular flexibility index (Phi) is 3.08. The standard InChI is InChI=1S/C28H18S/c1-2-7-19-14-22-16-25-20(15-21(22)13-18(19)6-1)9-11-24-27-23-8-4-3-5-17(23)10-12-26(27)29-28(24)25/h1-17,23H. The van der Waals surface area contributed by atoms with Crippen LogP contribution in [0.4, 0.5) is 0 Å². The van der Waals surface area contributed by atoms with E-state index in [0.29, 0.717) is 11.8 Å². The first-order valence-electron chi connectivity index (χ1n) is 10.2. The number of allylic oxidation sites excluding steroid dienone is 5. The topological polar surface area (TPSA) is 0 Å². The van der Waals surface area contributed by atoms with E-state index in [9.17, 15) is 0 Å². The van der Waals surface area contributed by atoms with Gasteiger partial charge in [0.2, 0.25) is 0 Å². The predicted octanol–water partition coefficient (Wildman–Crippen LogP) is 8.21. The maximum absolute atomic E-state index is 2.40. The molecule has 0 fully saturated rings. The maximum Gasteiger partial charge on any atom is 0.0430 e. The van der Waals surface area contributed by atoms with Crippen molar-refractivity contribution in [1.29, 1.82) is 0 Å². The monoisotopic (exact) mass is 386 g/mol. The van der Waals surface area contributed by atoms with E-state index in [2.05, 4.69) is 97.1 Å². The molecule has 0 spiro atoms. The van der Waals surface area contributed by atoms with Crippen molar-refractivity contribution in [3.05, 3.63) is 101 Å². The van der Waals surface area contributed by atoms with E-state index in [-0.39, 0.29) is 0 Å². The Hall–Kier alpha value is -3.16. The lowest BCUT2D eigenvalue weighted by molar-refractivity contribution is 0.700. The Balaban J connectivity index is 1.55. The lowest BCUT2D eigenvalue weighted by atomic mass is 9.78. The Labute approximate surface area is 173 Å².